The molecule has 0 spiro atoms. The first-order chi connectivity index (χ1) is 7.95. The molecule has 1 N–H and O–H groups in total. The number of esters is 2. The second-order valence-electron chi connectivity index (χ2n) is 4.07. The Bertz CT molecular complexity index is 363. The van der Waals surface area contributed by atoms with Gasteiger partial charge in [-0.25, -0.2) is 9.59 Å². The first-order valence-electron chi connectivity index (χ1n) is 5.19. The normalized spacial score (nSPS) is 23.5. The Labute approximate surface area is 99.0 Å². The van der Waals surface area contributed by atoms with Crippen LogP contribution in [0.5, 0.6) is 0 Å². The van der Waals surface area contributed by atoms with E-state index in [1.165, 1.54) is 7.11 Å². The summed E-state index contributed by atoms with van der Waals surface area (Å²) in [4.78, 5) is 33.0. The van der Waals surface area contributed by atoms with Crippen molar-refractivity contribution in [3.63, 3.8) is 0 Å². The van der Waals surface area contributed by atoms with Gasteiger partial charge in [0.2, 0.25) is 5.91 Å². The number of rotatable bonds is 4. The topological polar surface area (TPSA) is 81.7 Å². The summed E-state index contributed by atoms with van der Waals surface area (Å²) >= 11 is 0. The van der Waals surface area contributed by atoms with Crippen molar-refractivity contribution in [1.29, 1.82) is 0 Å². The maximum absolute atomic E-state index is 11.2. The second kappa shape index (κ2) is 5.47. The smallest absolute Gasteiger partial charge is 0.331 e. The van der Waals surface area contributed by atoms with E-state index in [4.69, 9.17) is 4.74 Å². The predicted molar refractivity (Wildman–Crippen MR) is 57.9 cm³/mol. The molecule has 0 radical (unpaired) electrons. The second-order valence-corrected chi connectivity index (χ2v) is 4.07. The molecular weight excluding hydrogens is 226 g/mol. The maximum atomic E-state index is 11.2. The lowest BCUT2D eigenvalue weighted by molar-refractivity contribution is -0.141. The van der Waals surface area contributed by atoms with Crippen molar-refractivity contribution in [2.75, 3.05) is 13.7 Å². The van der Waals surface area contributed by atoms with Gasteiger partial charge in [-0.15, -0.1) is 0 Å². The number of hydrogen-bond acceptors (Lipinski definition) is 5. The third-order valence-electron chi connectivity index (χ3n) is 2.43. The largest absolute Gasteiger partial charge is 0.466 e. The van der Waals surface area contributed by atoms with E-state index < -0.39 is 17.5 Å². The van der Waals surface area contributed by atoms with Crippen molar-refractivity contribution in [1.82, 2.24) is 5.32 Å². The van der Waals surface area contributed by atoms with E-state index in [1.54, 1.807) is 6.92 Å². The molecule has 0 bridgehead atoms. The Morgan fingerprint density at radius 2 is 2.06 bits per heavy atom. The number of methoxy groups -OCH3 is 1. The molecule has 6 heteroatoms. The average molecular weight is 241 g/mol. The fourth-order valence-corrected chi connectivity index (χ4v) is 1.44. The van der Waals surface area contributed by atoms with Crippen LogP contribution in [0.2, 0.25) is 0 Å². The summed E-state index contributed by atoms with van der Waals surface area (Å²) in [5, 5.41) is 2.73. The first-order valence-corrected chi connectivity index (χ1v) is 5.19. The summed E-state index contributed by atoms with van der Waals surface area (Å²) in [5.74, 6) is -1.31. The van der Waals surface area contributed by atoms with Crippen molar-refractivity contribution in [3.8, 4) is 0 Å². The van der Waals surface area contributed by atoms with E-state index in [0.29, 0.717) is 12.8 Å². The van der Waals surface area contributed by atoms with E-state index in [-0.39, 0.29) is 12.5 Å². The Morgan fingerprint density at radius 3 is 2.59 bits per heavy atom. The van der Waals surface area contributed by atoms with E-state index in [0.717, 1.165) is 12.2 Å². The number of carbonyl (C=O) groups excluding carboxylic acids is 3. The quantitative estimate of drug-likeness (QED) is 0.550. The highest BCUT2D eigenvalue weighted by atomic mass is 16.5. The fourth-order valence-electron chi connectivity index (χ4n) is 1.44. The van der Waals surface area contributed by atoms with Crippen molar-refractivity contribution in [2.24, 2.45) is 0 Å². The van der Waals surface area contributed by atoms with Gasteiger partial charge in [-0.2, -0.15) is 0 Å². The van der Waals surface area contributed by atoms with Crippen molar-refractivity contribution >= 4 is 17.8 Å². The fraction of sp³-hybridized carbons (Fsp3) is 0.545. The summed E-state index contributed by atoms with van der Waals surface area (Å²) in [6, 6.07) is 0. The summed E-state index contributed by atoms with van der Waals surface area (Å²) < 4.78 is 9.25. The number of hydrogen-bond donors (Lipinski definition) is 1. The van der Waals surface area contributed by atoms with Crippen molar-refractivity contribution in [2.45, 2.75) is 25.3 Å². The van der Waals surface area contributed by atoms with Crippen LogP contribution in [0.4, 0.5) is 0 Å². The molecule has 1 heterocycles. The van der Waals surface area contributed by atoms with Gasteiger partial charge in [0.05, 0.1) is 12.6 Å². The van der Waals surface area contributed by atoms with Gasteiger partial charge in [0.1, 0.15) is 6.61 Å². The molecular formula is C11H15NO5. The molecule has 0 aliphatic carbocycles. The zero-order valence-electron chi connectivity index (χ0n) is 9.82. The standard InChI is InChI=1S/C11H15NO5/c1-11(6-5-8(13)12-11)7-17-10(15)4-3-9(14)16-2/h3-4H,5-7H2,1-2H3,(H,12,13)/b4-3+. The van der Waals surface area contributed by atoms with Crippen molar-refractivity contribution < 1.29 is 23.9 Å². The average Bonchev–Trinajstić information content (AvgIpc) is 2.64. The van der Waals surface area contributed by atoms with Crippen LogP contribution in [-0.4, -0.2) is 37.1 Å². The number of carbonyl (C=O) groups is 3. The Morgan fingerprint density at radius 1 is 1.41 bits per heavy atom. The Hall–Kier alpha value is -1.85. The molecule has 1 saturated heterocycles. The highest BCUT2D eigenvalue weighted by Crippen LogP contribution is 2.19. The van der Waals surface area contributed by atoms with Gasteiger partial charge in [0.15, 0.2) is 0 Å². The van der Waals surface area contributed by atoms with Gasteiger partial charge in [0.25, 0.3) is 0 Å². The summed E-state index contributed by atoms with van der Waals surface area (Å²) in [7, 11) is 1.22. The minimum absolute atomic E-state index is 0.0475. The first kappa shape index (κ1) is 13.2. The number of amides is 1. The van der Waals surface area contributed by atoms with Gasteiger partial charge in [-0.3, -0.25) is 4.79 Å². The third kappa shape index (κ3) is 4.26. The minimum atomic E-state index is -0.641. The maximum Gasteiger partial charge on any atom is 0.331 e. The molecule has 1 aliphatic heterocycles. The molecule has 0 saturated carbocycles. The highest BCUT2D eigenvalue weighted by molar-refractivity contribution is 5.91. The lowest BCUT2D eigenvalue weighted by Gasteiger charge is -2.22. The van der Waals surface area contributed by atoms with Crippen LogP contribution in [0, 0.1) is 0 Å². The molecule has 1 unspecified atom stereocenters. The summed E-state index contributed by atoms with van der Waals surface area (Å²) in [5.41, 5.74) is -0.508. The molecule has 0 aromatic rings. The molecule has 1 amide bonds. The Balaban J connectivity index is 2.36. The lowest BCUT2D eigenvalue weighted by atomic mass is 10.0. The van der Waals surface area contributed by atoms with Gasteiger partial charge in [-0.05, 0) is 13.3 Å². The van der Waals surface area contributed by atoms with Crippen LogP contribution in [0.15, 0.2) is 12.2 Å². The lowest BCUT2D eigenvalue weighted by Crippen LogP contribution is -2.43. The molecule has 1 aliphatic rings. The van der Waals surface area contributed by atoms with Crippen LogP contribution in [-0.2, 0) is 23.9 Å². The summed E-state index contributed by atoms with van der Waals surface area (Å²) in [6.07, 6.45) is 3.04. The van der Waals surface area contributed by atoms with Crippen LogP contribution < -0.4 is 5.32 Å². The number of ether oxygens (including phenoxy) is 2. The van der Waals surface area contributed by atoms with E-state index in [2.05, 4.69) is 10.1 Å². The zero-order valence-corrected chi connectivity index (χ0v) is 9.82. The highest BCUT2D eigenvalue weighted by Gasteiger charge is 2.34. The zero-order chi connectivity index (χ0) is 12.9. The molecule has 0 aromatic heterocycles. The minimum Gasteiger partial charge on any atom is -0.466 e. The van der Waals surface area contributed by atoms with Gasteiger partial charge >= 0.3 is 11.9 Å². The molecule has 1 fully saturated rings. The molecule has 1 rings (SSSR count). The molecule has 94 valence electrons. The van der Waals surface area contributed by atoms with Crippen LogP contribution in [0.25, 0.3) is 0 Å². The van der Waals surface area contributed by atoms with Crippen LogP contribution in [0.1, 0.15) is 19.8 Å². The predicted octanol–water partition coefficient (Wildman–Crippen LogP) is -0.0725. The van der Waals surface area contributed by atoms with Gasteiger partial charge in [-0.1, -0.05) is 0 Å². The monoisotopic (exact) mass is 241 g/mol. The van der Waals surface area contributed by atoms with Crippen molar-refractivity contribution in [3.05, 3.63) is 12.2 Å². The number of nitrogens with one attached hydrogen (secondary N) is 1. The molecule has 1 atom stereocenters. The van der Waals surface area contributed by atoms with E-state index >= 15 is 0 Å². The SMILES string of the molecule is COC(=O)/C=C/C(=O)OCC1(C)CCC(=O)N1. The van der Waals surface area contributed by atoms with Crippen LogP contribution in [0.3, 0.4) is 0 Å². The molecule has 0 aromatic carbocycles. The summed E-state index contributed by atoms with van der Waals surface area (Å²) in [6.45, 7) is 1.89. The van der Waals surface area contributed by atoms with Gasteiger partial charge in [0, 0.05) is 18.6 Å². The van der Waals surface area contributed by atoms with Gasteiger partial charge < -0.3 is 14.8 Å². The Kier molecular flexibility index (Phi) is 4.25. The third-order valence-corrected chi connectivity index (χ3v) is 2.43. The molecule has 17 heavy (non-hydrogen) atoms. The molecule has 6 nitrogen and oxygen atoms in total. The van der Waals surface area contributed by atoms with E-state index in [9.17, 15) is 14.4 Å². The van der Waals surface area contributed by atoms with Crippen LogP contribution >= 0.6 is 0 Å². The van der Waals surface area contributed by atoms with E-state index in [1.807, 2.05) is 0 Å².